The summed E-state index contributed by atoms with van der Waals surface area (Å²) in [6, 6.07) is 3.39. The van der Waals surface area contributed by atoms with Crippen molar-refractivity contribution in [2.75, 3.05) is 46.3 Å². The molecule has 1 N–H and O–H groups in total. The number of carbonyl (C=O) groups is 1. The first-order valence-corrected chi connectivity index (χ1v) is 6.84. The minimum absolute atomic E-state index is 0.160. The molecule has 1 aromatic heterocycles. The van der Waals surface area contributed by atoms with E-state index in [0.717, 1.165) is 32.7 Å². The van der Waals surface area contributed by atoms with Crippen molar-refractivity contribution in [3.05, 3.63) is 29.0 Å². The molecule has 1 aliphatic rings. The van der Waals surface area contributed by atoms with Crippen LogP contribution in [0.4, 0.5) is 0 Å². The van der Waals surface area contributed by atoms with Crippen molar-refractivity contribution in [1.29, 1.82) is 0 Å². The number of rotatable bonds is 4. The molecule has 0 bridgehead atoms. The number of piperazine rings is 1. The number of pyridine rings is 1. The molecule has 0 aromatic carbocycles. The number of amides is 1. The molecular formula is C13H19ClN4O. The number of aromatic nitrogens is 1. The van der Waals surface area contributed by atoms with Crippen molar-refractivity contribution in [1.82, 2.24) is 20.1 Å². The molecule has 1 aliphatic heterocycles. The Labute approximate surface area is 118 Å². The third kappa shape index (κ3) is 4.16. The number of nitrogens with one attached hydrogen (secondary N) is 1. The van der Waals surface area contributed by atoms with E-state index in [0.29, 0.717) is 12.1 Å². The average molecular weight is 283 g/mol. The lowest BCUT2D eigenvalue weighted by atomic mass is 10.2. The number of hydrogen-bond acceptors (Lipinski definition) is 4. The number of likely N-dealkylation sites (N-methyl/N-ethyl adjacent to an activating group) is 1. The summed E-state index contributed by atoms with van der Waals surface area (Å²) in [6.45, 7) is 5.79. The van der Waals surface area contributed by atoms with Gasteiger partial charge < -0.3 is 10.2 Å². The molecule has 0 aliphatic carbocycles. The van der Waals surface area contributed by atoms with E-state index in [1.54, 1.807) is 18.3 Å². The summed E-state index contributed by atoms with van der Waals surface area (Å²) >= 11 is 5.87. The van der Waals surface area contributed by atoms with Crippen LogP contribution in [-0.2, 0) is 0 Å². The first-order chi connectivity index (χ1) is 9.16. The fraction of sp³-hybridized carbons (Fsp3) is 0.538. The van der Waals surface area contributed by atoms with Gasteiger partial charge in [0.05, 0.1) is 5.56 Å². The van der Waals surface area contributed by atoms with Crippen molar-refractivity contribution in [3.63, 3.8) is 0 Å². The summed E-state index contributed by atoms with van der Waals surface area (Å²) in [5.74, 6) is -0.160. The van der Waals surface area contributed by atoms with E-state index in [-0.39, 0.29) is 11.1 Å². The second-order valence-electron chi connectivity index (χ2n) is 4.74. The van der Waals surface area contributed by atoms with Gasteiger partial charge in [-0.3, -0.25) is 9.69 Å². The van der Waals surface area contributed by atoms with Crippen LogP contribution in [0.1, 0.15) is 10.4 Å². The zero-order valence-corrected chi connectivity index (χ0v) is 11.9. The number of halogens is 1. The lowest BCUT2D eigenvalue weighted by molar-refractivity contribution is 0.0941. The van der Waals surface area contributed by atoms with Crippen molar-refractivity contribution >= 4 is 17.5 Å². The van der Waals surface area contributed by atoms with Gasteiger partial charge in [-0.1, -0.05) is 11.6 Å². The first kappa shape index (κ1) is 14.2. The summed E-state index contributed by atoms with van der Waals surface area (Å²) in [6.07, 6.45) is 1.57. The van der Waals surface area contributed by atoms with E-state index >= 15 is 0 Å². The van der Waals surface area contributed by atoms with Gasteiger partial charge in [-0.05, 0) is 19.2 Å². The quantitative estimate of drug-likeness (QED) is 0.827. The Morgan fingerprint density at radius 1 is 1.42 bits per heavy atom. The summed E-state index contributed by atoms with van der Waals surface area (Å²) < 4.78 is 0. The lowest BCUT2D eigenvalue weighted by Gasteiger charge is -2.32. The van der Waals surface area contributed by atoms with Crippen LogP contribution in [0.5, 0.6) is 0 Å². The summed E-state index contributed by atoms with van der Waals surface area (Å²) in [5, 5.41) is 3.13. The van der Waals surface area contributed by atoms with E-state index < -0.39 is 0 Å². The number of nitrogens with zero attached hydrogens (tertiary/aromatic N) is 3. The number of carbonyl (C=O) groups excluding carboxylic acids is 1. The van der Waals surface area contributed by atoms with Crippen LogP contribution in [0.15, 0.2) is 18.3 Å². The minimum atomic E-state index is -0.160. The smallest absolute Gasteiger partial charge is 0.254 e. The van der Waals surface area contributed by atoms with Gasteiger partial charge in [0.1, 0.15) is 5.15 Å². The van der Waals surface area contributed by atoms with E-state index in [1.165, 1.54) is 0 Å². The maximum Gasteiger partial charge on any atom is 0.254 e. The Kier molecular flexibility index (Phi) is 5.13. The van der Waals surface area contributed by atoms with E-state index in [4.69, 9.17) is 11.6 Å². The summed E-state index contributed by atoms with van der Waals surface area (Å²) in [5.41, 5.74) is 0.433. The second-order valence-corrected chi connectivity index (χ2v) is 5.10. The minimum Gasteiger partial charge on any atom is -0.351 e. The highest BCUT2D eigenvalue weighted by Gasteiger charge is 2.14. The maximum atomic E-state index is 11.9. The van der Waals surface area contributed by atoms with E-state index in [1.807, 2.05) is 0 Å². The largest absolute Gasteiger partial charge is 0.351 e. The van der Waals surface area contributed by atoms with Crippen LogP contribution in [0.2, 0.25) is 5.15 Å². The molecule has 1 saturated heterocycles. The van der Waals surface area contributed by atoms with Gasteiger partial charge in [0, 0.05) is 45.5 Å². The summed E-state index contributed by atoms with van der Waals surface area (Å²) in [7, 11) is 2.13. The van der Waals surface area contributed by atoms with E-state index in [9.17, 15) is 4.79 Å². The van der Waals surface area contributed by atoms with E-state index in [2.05, 4.69) is 27.1 Å². The molecule has 0 radical (unpaired) electrons. The van der Waals surface area contributed by atoms with Crippen LogP contribution in [0.25, 0.3) is 0 Å². The SMILES string of the molecule is CN1CCN(CCNC(=O)c2cccnc2Cl)CC1. The Morgan fingerprint density at radius 2 is 2.16 bits per heavy atom. The Morgan fingerprint density at radius 3 is 2.84 bits per heavy atom. The third-order valence-electron chi connectivity index (χ3n) is 3.31. The zero-order chi connectivity index (χ0) is 13.7. The molecule has 0 spiro atoms. The summed E-state index contributed by atoms with van der Waals surface area (Å²) in [4.78, 5) is 20.5. The molecule has 1 fully saturated rings. The van der Waals surface area contributed by atoms with Crippen LogP contribution in [0, 0.1) is 0 Å². The van der Waals surface area contributed by atoms with Crippen molar-refractivity contribution < 1.29 is 4.79 Å². The Hall–Kier alpha value is -1.17. The highest BCUT2D eigenvalue weighted by atomic mass is 35.5. The molecule has 104 valence electrons. The van der Waals surface area contributed by atoms with Gasteiger partial charge in [-0.25, -0.2) is 4.98 Å². The predicted molar refractivity (Wildman–Crippen MR) is 75.5 cm³/mol. The van der Waals surface area contributed by atoms with Crippen LogP contribution < -0.4 is 5.32 Å². The molecule has 0 saturated carbocycles. The molecule has 6 heteroatoms. The van der Waals surface area contributed by atoms with Gasteiger partial charge in [-0.15, -0.1) is 0 Å². The zero-order valence-electron chi connectivity index (χ0n) is 11.1. The highest BCUT2D eigenvalue weighted by Crippen LogP contribution is 2.10. The third-order valence-corrected chi connectivity index (χ3v) is 3.61. The van der Waals surface area contributed by atoms with Gasteiger partial charge in [0.2, 0.25) is 0 Å². The molecule has 0 unspecified atom stereocenters. The molecular weight excluding hydrogens is 264 g/mol. The normalized spacial score (nSPS) is 17.4. The first-order valence-electron chi connectivity index (χ1n) is 6.46. The maximum absolute atomic E-state index is 11.9. The van der Waals surface area contributed by atoms with Gasteiger partial charge in [-0.2, -0.15) is 0 Å². The van der Waals surface area contributed by atoms with Crippen molar-refractivity contribution in [2.45, 2.75) is 0 Å². The standard InChI is InChI=1S/C13H19ClN4O/c1-17-7-9-18(10-8-17)6-5-16-13(19)11-3-2-4-15-12(11)14/h2-4H,5-10H2,1H3,(H,16,19). The van der Waals surface area contributed by atoms with Gasteiger partial charge >= 0.3 is 0 Å². The van der Waals surface area contributed by atoms with Gasteiger partial charge in [0.25, 0.3) is 5.91 Å². The molecule has 19 heavy (non-hydrogen) atoms. The van der Waals surface area contributed by atoms with Crippen LogP contribution in [-0.4, -0.2) is 67.0 Å². The fourth-order valence-electron chi connectivity index (χ4n) is 2.05. The molecule has 0 atom stereocenters. The topological polar surface area (TPSA) is 48.5 Å². The Balaban J connectivity index is 1.74. The monoisotopic (exact) mass is 282 g/mol. The molecule has 1 aromatic rings. The molecule has 2 heterocycles. The highest BCUT2D eigenvalue weighted by molar-refractivity contribution is 6.32. The number of hydrogen-bond donors (Lipinski definition) is 1. The Bertz CT molecular complexity index is 432. The predicted octanol–water partition coefficient (Wildman–Crippen LogP) is 0.712. The molecule has 1 amide bonds. The van der Waals surface area contributed by atoms with Crippen molar-refractivity contribution in [2.24, 2.45) is 0 Å². The molecule has 5 nitrogen and oxygen atoms in total. The van der Waals surface area contributed by atoms with Gasteiger partial charge in [0.15, 0.2) is 0 Å². The van der Waals surface area contributed by atoms with Crippen LogP contribution >= 0.6 is 11.6 Å². The lowest BCUT2D eigenvalue weighted by Crippen LogP contribution is -2.46. The average Bonchev–Trinajstić information content (AvgIpc) is 2.41. The van der Waals surface area contributed by atoms with Crippen LogP contribution in [0.3, 0.4) is 0 Å². The molecule has 2 rings (SSSR count). The second kappa shape index (κ2) is 6.84. The fourth-order valence-corrected chi connectivity index (χ4v) is 2.25. The van der Waals surface area contributed by atoms with Crippen molar-refractivity contribution in [3.8, 4) is 0 Å².